The largest absolute Gasteiger partial charge is 0.481 e. The van der Waals surface area contributed by atoms with Crippen molar-refractivity contribution in [1.29, 1.82) is 0 Å². The van der Waals surface area contributed by atoms with Crippen LogP contribution in [0.3, 0.4) is 0 Å². The molecule has 0 spiro atoms. The van der Waals surface area contributed by atoms with Crippen molar-refractivity contribution >= 4 is 5.97 Å². The van der Waals surface area contributed by atoms with Gasteiger partial charge in [-0.2, -0.15) is 0 Å². The third-order valence-electron chi connectivity index (χ3n) is 5.51. The first-order chi connectivity index (χ1) is 9.63. The van der Waals surface area contributed by atoms with Crippen molar-refractivity contribution in [3.05, 3.63) is 12.2 Å². The van der Waals surface area contributed by atoms with Crippen molar-refractivity contribution in [3.63, 3.8) is 0 Å². The summed E-state index contributed by atoms with van der Waals surface area (Å²) in [6, 6.07) is 0. The average Bonchev–Trinajstić information content (AvgIpc) is 2.46. The maximum absolute atomic E-state index is 11.3. The van der Waals surface area contributed by atoms with Gasteiger partial charge in [0.1, 0.15) is 0 Å². The fourth-order valence-corrected chi connectivity index (χ4v) is 4.00. The van der Waals surface area contributed by atoms with E-state index >= 15 is 0 Å². The van der Waals surface area contributed by atoms with Crippen LogP contribution < -0.4 is 0 Å². The number of aliphatic carboxylic acids is 1. The number of allylic oxidation sites excluding steroid dienone is 2. The van der Waals surface area contributed by atoms with Gasteiger partial charge in [0.15, 0.2) is 0 Å². The molecule has 2 saturated carbocycles. The van der Waals surface area contributed by atoms with Crippen LogP contribution in [0.25, 0.3) is 0 Å². The maximum atomic E-state index is 11.3. The normalized spacial score (nSPS) is 39.0. The molecule has 0 aromatic heterocycles. The minimum absolute atomic E-state index is 0.187. The van der Waals surface area contributed by atoms with Crippen LogP contribution in [0.4, 0.5) is 0 Å². The summed E-state index contributed by atoms with van der Waals surface area (Å²) in [7, 11) is 0. The first-order valence-electron chi connectivity index (χ1n) is 8.15. The van der Waals surface area contributed by atoms with Crippen molar-refractivity contribution in [3.8, 4) is 0 Å². The summed E-state index contributed by atoms with van der Waals surface area (Å²) >= 11 is 0. The standard InChI is InChI=1S/C17H28O3/c1-12-13(6-4-7-15(12)11-18)9-10-14-5-2-3-8-16(14)17(19)20/h9-10,12-16,18H,2-8,11H2,1H3,(H,19,20)/b10-9+. The van der Waals surface area contributed by atoms with Crippen molar-refractivity contribution in [2.24, 2.45) is 29.6 Å². The third kappa shape index (κ3) is 3.63. The van der Waals surface area contributed by atoms with Gasteiger partial charge in [-0.1, -0.05) is 38.3 Å². The molecule has 0 saturated heterocycles. The summed E-state index contributed by atoms with van der Waals surface area (Å²) in [6.07, 6.45) is 12.0. The number of carboxylic acids is 1. The lowest BCUT2D eigenvalue weighted by Crippen LogP contribution is -2.28. The molecular formula is C17H28O3. The Morgan fingerprint density at radius 3 is 2.40 bits per heavy atom. The van der Waals surface area contributed by atoms with Gasteiger partial charge in [0.2, 0.25) is 0 Å². The van der Waals surface area contributed by atoms with Crippen LogP contribution in [-0.2, 0) is 4.79 Å². The molecule has 0 heterocycles. The van der Waals surface area contributed by atoms with E-state index in [1.165, 1.54) is 12.8 Å². The van der Waals surface area contributed by atoms with Crippen LogP contribution in [0.15, 0.2) is 12.2 Å². The predicted octanol–water partition coefficient (Wildman–Crippen LogP) is 3.48. The molecule has 5 unspecified atom stereocenters. The van der Waals surface area contributed by atoms with Crippen LogP contribution in [0.5, 0.6) is 0 Å². The van der Waals surface area contributed by atoms with Gasteiger partial charge in [0.25, 0.3) is 0 Å². The predicted molar refractivity (Wildman–Crippen MR) is 79.3 cm³/mol. The molecule has 0 amide bonds. The number of aliphatic hydroxyl groups excluding tert-OH is 1. The number of aliphatic hydroxyl groups is 1. The first-order valence-corrected chi connectivity index (χ1v) is 8.15. The van der Waals surface area contributed by atoms with Gasteiger partial charge in [0, 0.05) is 6.61 Å². The molecule has 2 aliphatic carbocycles. The van der Waals surface area contributed by atoms with E-state index < -0.39 is 5.97 Å². The van der Waals surface area contributed by atoms with Gasteiger partial charge in [0.05, 0.1) is 5.92 Å². The zero-order valence-corrected chi connectivity index (χ0v) is 12.5. The van der Waals surface area contributed by atoms with E-state index in [2.05, 4.69) is 19.1 Å². The highest BCUT2D eigenvalue weighted by molar-refractivity contribution is 5.70. The maximum Gasteiger partial charge on any atom is 0.307 e. The molecule has 114 valence electrons. The van der Waals surface area contributed by atoms with Crippen LogP contribution >= 0.6 is 0 Å². The summed E-state index contributed by atoms with van der Waals surface area (Å²) in [5.41, 5.74) is 0. The van der Waals surface area contributed by atoms with E-state index in [9.17, 15) is 15.0 Å². The molecular weight excluding hydrogens is 252 g/mol. The fourth-order valence-electron chi connectivity index (χ4n) is 4.00. The summed E-state index contributed by atoms with van der Waals surface area (Å²) < 4.78 is 0. The highest BCUT2D eigenvalue weighted by atomic mass is 16.4. The van der Waals surface area contributed by atoms with E-state index in [-0.39, 0.29) is 18.4 Å². The number of rotatable bonds is 4. The highest BCUT2D eigenvalue weighted by Gasteiger charge is 2.31. The minimum atomic E-state index is -0.635. The topological polar surface area (TPSA) is 57.5 Å². The Labute approximate surface area is 122 Å². The Hall–Kier alpha value is -0.830. The second-order valence-electron chi connectivity index (χ2n) is 6.67. The Morgan fingerprint density at radius 1 is 1.05 bits per heavy atom. The van der Waals surface area contributed by atoms with Crippen LogP contribution in [-0.4, -0.2) is 22.8 Å². The Bertz CT molecular complexity index is 350. The monoisotopic (exact) mass is 280 g/mol. The zero-order valence-electron chi connectivity index (χ0n) is 12.5. The molecule has 0 bridgehead atoms. The molecule has 3 nitrogen and oxygen atoms in total. The van der Waals surface area contributed by atoms with E-state index in [1.54, 1.807) is 0 Å². The SMILES string of the molecule is CC1C(/C=C/C2CCCCC2C(=O)O)CCCC1CO. The molecule has 20 heavy (non-hydrogen) atoms. The Morgan fingerprint density at radius 2 is 1.70 bits per heavy atom. The Kier molecular flexibility index (Phi) is 5.64. The van der Waals surface area contributed by atoms with Crippen molar-refractivity contribution in [2.75, 3.05) is 6.61 Å². The molecule has 0 aliphatic heterocycles. The summed E-state index contributed by atoms with van der Waals surface area (Å²) in [4.78, 5) is 11.3. The molecule has 3 heteroatoms. The average molecular weight is 280 g/mol. The zero-order chi connectivity index (χ0) is 14.5. The lowest BCUT2D eigenvalue weighted by molar-refractivity contribution is -0.144. The molecule has 2 aliphatic rings. The number of hydrogen-bond donors (Lipinski definition) is 2. The van der Waals surface area contributed by atoms with Crippen LogP contribution in [0, 0.1) is 29.6 Å². The van der Waals surface area contributed by atoms with Crippen molar-refractivity contribution in [2.45, 2.75) is 51.9 Å². The highest BCUT2D eigenvalue weighted by Crippen LogP contribution is 2.37. The summed E-state index contributed by atoms with van der Waals surface area (Å²) in [5.74, 6) is 0.828. The molecule has 5 atom stereocenters. The molecule has 2 rings (SSSR count). The molecule has 0 radical (unpaired) electrons. The van der Waals surface area contributed by atoms with Crippen LogP contribution in [0.2, 0.25) is 0 Å². The van der Waals surface area contributed by atoms with E-state index in [1.807, 2.05) is 0 Å². The number of carbonyl (C=O) groups is 1. The fraction of sp³-hybridized carbons (Fsp3) is 0.824. The van der Waals surface area contributed by atoms with Gasteiger partial charge in [-0.05, 0) is 49.4 Å². The summed E-state index contributed by atoms with van der Waals surface area (Å²) in [5, 5.41) is 18.7. The molecule has 0 aromatic rings. The van der Waals surface area contributed by atoms with Crippen molar-refractivity contribution in [1.82, 2.24) is 0 Å². The molecule has 2 fully saturated rings. The van der Waals surface area contributed by atoms with Gasteiger partial charge in [-0.3, -0.25) is 4.79 Å². The minimum Gasteiger partial charge on any atom is -0.481 e. The number of carboxylic acid groups (broad SMARTS) is 1. The van der Waals surface area contributed by atoms with Crippen LogP contribution in [0.1, 0.15) is 51.9 Å². The second-order valence-corrected chi connectivity index (χ2v) is 6.67. The van der Waals surface area contributed by atoms with Gasteiger partial charge in [-0.25, -0.2) is 0 Å². The molecule has 2 N–H and O–H groups in total. The lowest BCUT2D eigenvalue weighted by atomic mass is 9.72. The number of hydrogen-bond acceptors (Lipinski definition) is 2. The quantitative estimate of drug-likeness (QED) is 0.775. The Balaban J connectivity index is 1.98. The lowest BCUT2D eigenvalue weighted by Gasteiger charge is -2.34. The second kappa shape index (κ2) is 7.26. The summed E-state index contributed by atoms with van der Waals surface area (Å²) in [6.45, 7) is 2.51. The third-order valence-corrected chi connectivity index (χ3v) is 5.51. The smallest absolute Gasteiger partial charge is 0.307 e. The van der Waals surface area contributed by atoms with Gasteiger partial charge < -0.3 is 10.2 Å². The van der Waals surface area contributed by atoms with Crippen molar-refractivity contribution < 1.29 is 15.0 Å². The van der Waals surface area contributed by atoms with E-state index in [0.29, 0.717) is 17.8 Å². The first kappa shape index (κ1) is 15.6. The molecule has 0 aromatic carbocycles. The van der Waals surface area contributed by atoms with E-state index in [4.69, 9.17) is 0 Å². The van der Waals surface area contributed by atoms with E-state index in [0.717, 1.165) is 32.1 Å². The van der Waals surface area contributed by atoms with Gasteiger partial charge >= 0.3 is 5.97 Å². The van der Waals surface area contributed by atoms with Gasteiger partial charge in [-0.15, -0.1) is 0 Å².